The van der Waals surface area contributed by atoms with E-state index in [1.54, 1.807) is 11.3 Å². The Balaban J connectivity index is 1.08. The third kappa shape index (κ3) is 4.29. The molecule has 0 saturated carbocycles. The Morgan fingerprint density at radius 2 is 2.06 bits per heavy atom. The highest BCUT2D eigenvalue weighted by Gasteiger charge is 2.28. The molecule has 5 rings (SSSR count). The first kappa shape index (κ1) is 21.5. The first-order chi connectivity index (χ1) is 15.6. The highest BCUT2D eigenvalue weighted by molar-refractivity contribution is 7.10. The van der Waals surface area contributed by atoms with E-state index >= 15 is 0 Å². The number of halogens is 1. The lowest BCUT2D eigenvalue weighted by molar-refractivity contribution is 0.0941. The fraction of sp³-hybridized carbons (Fsp3) is 0.417. The number of hydrogen-bond donors (Lipinski definition) is 1. The van der Waals surface area contributed by atoms with Gasteiger partial charge in [0, 0.05) is 59.4 Å². The first-order valence-corrected chi connectivity index (χ1v) is 12.4. The van der Waals surface area contributed by atoms with Gasteiger partial charge in [-0.3, -0.25) is 9.69 Å². The number of anilines is 1. The lowest BCUT2D eigenvalue weighted by atomic mass is 9.95. The molecule has 0 atom stereocenters. The van der Waals surface area contributed by atoms with E-state index in [0.29, 0.717) is 12.2 Å². The zero-order chi connectivity index (χ0) is 22.1. The molecule has 3 heterocycles. The van der Waals surface area contributed by atoms with E-state index in [1.807, 2.05) is 6.07 Å². The van der Waals surface area contributed by atoms with Gasteiger partial charge in [-0.15, -0.1) is 11.3 Å². The summed E-state index contributed by atoms with van der Waals surface area (Å²) < 4.78 is 5.53. The number of rotatable bonds is 6. The fourth-order valence-electron chi connectivity index (χ4n) is 4.63. The summed E-state index contributed by atoms with van der Waals surface area (Å²) in [6.45, 7) is 7.74. The van der Waals surface area contributed by atoms with Crippen molar-refractivity contribution >= 4 is 34.5 Å². The molecule has 2 aliphatic rings. The number of amides is 1. The summed E-state index contributed by atoms with van der Waals surface area (Å²) in [5.41, 5.74) is 4.98. The maximum Gasteiger partial charge on any atom is 0.273 e. The lowest BCUT2D eigenvalue weighted by Crippen LogP contribution is -2.47. The monoisotopic (exact) mass is 470 g/mol. The number of thiophene rings is 1. The van der Waals surface area contributed by atoms with Crippen LogP contribution in [0.3, 0.4) is 0 Å². The van der Waals surface area contributed by atoms with E-state index < -0.39 is 0 Å². The fourth-order valence-corrected chi connectivity index (χ4v) is 5.67. The predicted octanol–water partition coefficient (Wildman–Crippen LogP) is 4.41. The second-order valence-electron chi connectivity index (χ2n) is 8.47. The minimum Gasteiger partial charge on any atom is -0.369 e. The molecule has 1 amide bonds. The van der Waals surface area contributed by atoms with Gasteiger partial charge in [0.1, 0.15) is 0 Å². The van der Waals surface area contributed by atoms with Gasteiger partial charge in [-0.1, -0.05) is 22.8 Å². The molecule has 32 heavy (non-hydrogen) atoms. The van der Waals surface area contributed by atoms with Gasteiger partial charge in [0.2, 0.25) is 0 Å². The highest BCUT2D eigenvalue weighted by Crippen LogP contribution is 2.38. The molecule has 1 fully saturated rings. The van der Waals surface area contributed by atoms with Crippen molar-refractivity contribution in [3.05, 3.63) is 56.4 Å². The zero-order valence-electron chi connectivity index (χ0n) is 18.2. The van der Waals surface area contributed by atoms with Crippen LogP contribution in [0.5, 0.6) is 0 Å². The summed E-state index contributed by atoms with van der Waals surface area (Å²) >= 11 is 7.92. The molecule has 1 N–H and O–H groups in total. The molecule has 1 aromatic carbocycles. The van der Waals surface area contributed by atoms with Crippen LogP contribution in [0.25, 0.3) is 11.3 Å². The number of carbonyl (C=O) groups excluding carboxylic acids is 1. The van der Waals surface area contributed by atoms with Gasteiger partial charge in [0.25, 0.3) is 5.91 Å². The van der Waals surface area contributed by atoms with Gasteiger partial charge in [-0.25, -0.2) is 0 Å². The van der Waals surface area contributed by atoms with Gasteiger partial charge < -0.3 is 14.7 Å². The third-order valence-corrected chi connectivity index (χ3v) is 7.63. The molecular weight excluding hydrogens is 444 g/mol. The summed E-state index contributed by atoms with van der Waals surface area (Å²) in [4.78, 5) is 18.9. The van der Waals surface area contributed by atoms with Crippen molar-refractivity contribution in [3.63, 3.8) is 0 Å². The predicted molar refractivity (Wildman–Crippen MR) is 129 cm³/mol. The number of nitrogens with zero attached hydrogens (tertiary/aromatic N) is 3. The Kier molecular flexibility index (Phi) is 6.22. The van der Waals surface area contributed by atoms with Crippen LogP contribution in [0.1, 0.15) is 32.9 Å². The van der Waals surface area contributed by atoms with Crippen LogP contribution in [0.4, 0.5) is 5.69 Å². The van der Waals surface area contributed by atoms with E-state index in [9.17, 15) is 4.79 Å². The lowest BCUT2D eigenvalue weighted by Gasteiger charge is -2.37. The summed E-state index contributed by atoms with van der Waals surface area (Å²) in [7, 11) is 0. The summed E-state index contributed by atoms with van der Waals surface area (Å²) in [5.74, 6) is 0.639. The summed E-state index contributed by atoms with van der Waals surface area (Å²) in [5, 5.41) is 9.97. The zero-order valence-corrected chi connectivity index (χ0v) is 19.8. The number of carbonyl (C=O) groups is 1. The van der Waals surface area contributed by atoms with Crippen molar-refractivity contribution in [2.45, 2.75) is 26.2 Å². The van der Waals surface area contributed by atoms with Gasteiger partial charge in [-0.2, -0.15) is 0 Å². The number of hydrogen-bond acceptors (Lipinski definition) is 6. The molecular formula is C24H27ClN4O2S. The number of piperazine rings is 1. The molecule has 1 saturated heterocycles. The number of nitrogens with one attached hydrogen (secondary N) is 1. The molecule has 1 aliphatic heterocycles. The summed E-state index contributed by atoms with van der Waals surface area (Å²) in [6.07, 6.45) is 2.67. The largest absolute Gasteiger partial charge is 0.369 e. The molecule has 6 nitrogen and oxygen atoms in total. The second kappa shape index (κ2) is 9.25. The van der Waals surface area contributed by atoms with Crippen molar-refractivity contribution < 1.29 is 9.32 Å². The van der Waals surface area contributed by atoms with Crippen LogP contribution in [-0.4, -0.2) is 55.2 Å². The van der Waals surface area contributed by atoms with Crippen LogP contribution >= 0.6 is 22.9 Å². The Morgan fingerprint density at radius 3 is 2.91 bits per heavy atom. The van der Waals surface area contributed by atoms with E-state index in [0.717, 1.165) is 73.9 Å². The van der Waals surface area contributed by atoms with E-state index in [4.69, 9.17) is 16.1 Å². The minimum atomic E-state index is -0.130. The van der Waals surface area contributed by atoms with Crippen molar-refractivity contribution in [2.75, 3.05) is 44.2 Å². The van der Waals surface area contributed by atoms with Crippen molar-refractivity contribution in [3.8, 4) is 11.3 Å². The number of aryl methyl sites for hydroxylation is 2. The third-order valence-electron chi connectivity index (χ3n) is 6.42. The standard InChI is InChI=1S/C24H27ClN4O2S/c1-16-3-4-17(25)15-20(16)29-12-10-28(11-13-29)9-2-8-26-24(30)22-19-5-6-21-18(7-14-32-21)23(19)31-27-22/h3-4,7,14-15H,2,5-6,8-13H2,1H3,(H,26,30). The van der Waals surface area contributed by atoms with Gasteiger partial charge in [0.15, 0.2) is 11.5 Å². The van der Waals surface area contributed by atoms with Crippen molar-refractivity contribution in [2.24, 2.45) is 0 Å². The maximum atomic E-state index is 12.7. The first-order valence-electron chi connectivity index (χ1n) is 11.2. The SMILES string of the molecule is Cc1ccc(Cl)cc1N1CCN(CCCNC(=O)c2noc3c2CCc2sccc2-3)CC1. The molecule has 0 bridgehead atoms. The Bertz CT molecular complexity index is 1120. The van der Waals surface area contributed by atoms with Crippen LogP contribution in [0, 0.1) is 6.92 Å². The topological polar surface area (TPSA) is 61.6 Å². The number of fused-ring (bicyclic) bond motifs is 3. The molecule has 0 unspecified atom stereocenters. The number of aromatic nitrogens is 1. The maximum absolute atomic E-state index is 12.7. The Morgan fingerprint density at radius 1 is 1.22 bits per heavy atom. The molecule has 8 heteroatoms. The Labute approximate surface area is 197 Å². The van der Waals surface area contributed by atoms with Crippen molar-refractivity contribution in [1.82, 2.24) is 15.4 Å². The van der Waals surface area contributed by atoms with Gasteiger partial charge >= 0.3 is 0 Å². The quantitative estimate of drug-likeness (QED) is 0.541. The average Bonchev–Trinajstić information content (AvgIpc) is 3.45. The van der Waals surface area contributed by atoms with Crippen LogP contribution in [0.2, 0.25) is 5.02 Å². The van der Waals surface area contributed by atoms with Crippen LogP contribution in [-0.2, 0) is 12.8 Å². The molecule has 0 spiro atoms. The molecule has 0 radical (unpaired) electrons. The Hall–Kier alpha value is -2.35. The molecule has 3 aromatic rings. The minimum absolute atomic E-state index is 0.130. The van der Waals surface area contributed by atoms with E-state index in [-0.39, 0.29) is 5.91 Å². The van der Waals surface area contributed by atoms with Crippen LogP contribution < -0.4 is 10.2 Å². The van der Waals surface area contributed by atoms with Crippen LogP contribution in [0.15, 0.2) is 34.2 Å². The van der Waals surface area contributed by atoms with Gasteiger partial charge in [0.05, 0.1) is 0 Å². The molecule has 2 aromatic heterocycles. The molecule has 168 valence electrons. The van der Waals surface area contributed by atoms with Crippen molar-refractivity contribution in [1.29, 1.82) is 0 Å². The second-order valence-corrected chi connectivity index (χ2v) is 9.90. The average molecular weight is 471 g/mol. The van der Waals surface area contributed by atoms with E-state index in [1.165, 1.54) is 16.1 Å². The molecule has 1 aliphatic carbocycles. The normalized spacial score (nSPS) is 16.0. The van der Waals surface area contributed by atoms with Gasteiger partial charge in [-0.05, 0) is 61.9 Å². The number of benzene rings is 1. The smallest absolute Gasteiger partial charge is 0.273 e. The summed E-state index contributed by atoms with van der Waals surface area (Å²) in [6, 6.07) is 8.14. The van der Waals surface area contributed by atoms with E-state index in [2.05, 4.69) is 50.8 Å². The highest BCUT2D eigenvalue weighted by atomic mass is 35.5.